The second kappa shape index (κ2) is 8.57. The first-order valence-corrected chi connectivity index (χ1v) is 10.5. The molecule has 4 rings (SSSR count). The van der Waals surface area contributed by atoms with E-state index in [4.69, 9.17) is 0 Å². The molecule has 0 radical (unpaired) electrons. The minimum atomic E-state index is -4.51. The largest absolute Gasteiger partial charge is 1.00 e. The Morgan fingerprint density at radius 1 is 0.839 bits per heavy atom. The van der Waals surface area contributed by atoms with Crippen LogP contribution in [0.15, 0.2) is 59.5 Å². The van der Waals surface area contributed by atoms with Gasteiger partial charge in [0, 0.05) is 23.9 Å². The van der Waals surface area contributed by atoms with Crippen molar-refractivity contribution < 1.29 is 53.5 Å². The van der Waals surface area contributed by atoms with Crippen molar-refractivity contribution >= 4 is 38.7 Å². The number of ketones is 2. The zero-order chi connectivity index (χ0) is 21.6. The van der Waals surface area contributed by atoms with Crippen molar-refractivity contribution in [1.29, 1.82) is 0 Å². The summed E-state index contributed by atoms with van der Waals surface area (Å²) in [6, 6.07) is 14.3. The number of carbonyl (C=O) groups is 2. The van der Waals surface area contributed by atoms with Crippen LogP contribution in [-0.2, 0) is 10.1 Å². The van der Waals surface area contributed by atoms with Gasteiger partial charge in [-0.3, -0.25) is 14.1 Å². The van der Waals surface area contributed by atoms with Gasteiger partial charge in [0.1, 0.15) is 4.90 Å². The molecule has 3 aromatic carbocycles. The van der Waals surface area contributed by atoms with Crippen LogP contribution in [0.5, 0.6) is 0 Å². The molecule has 0 aromatic heterocycles. The number of nitrogens with one attached hydrogen (secondary N) is 2. The summed E-state index contributed by atoms with van der Waals surface area (Å²) < 4.78 is 33.3. The van der Waals surface area contributed by atoms with Crippen molar-refractivity contribution in [3.63, 3.8) is 0 Å². The van der Waals surface area contributed by atoms with Crippen LogP contribution in [0.4, 0.5) is 17.1 Å². The molecule has 0 bridgehead atoms. The molecule has 31 heavy (non-hydrogen) atoms. The van der Waals surface area contributed by atoms with Crippen molar-refractivity contribution in [2.45, 2.75) is 11.8 Å². The molecule has 0 amide bonds. The predicted molar refractivity (Wildman–Crippen MR) is 115 cm³/mol. The summed E-state index contributed by atoms with van der Waals surface area (Å²) in [6.07, 6.45) is 0. The standard InChI is InChI=1S/C22H18N2O5S.Na.H/c1-12-7-8-15(18(11-12)30(27,28)29)24-17-10-9-16(23-2)19-20(17)22(26)14-6-4-3-5-13(14)21(19)25;;/h3-11,23-24H,1-2H3,(H,27,28,29);;/q;+1;-1. The summed E-state index contributed by atoms with van der Waals surface area (Å²) in [7, 11) is -2.86. The van der Waals surface area contributed by atoms with Gasteiger partial charge in [0.15, 0.2) is 11.6 Å². The Morgan fingerprint density at radius 3 is 1.90 bits per heavy atom. The second-order valence-corrected chi connectivity index (χ2v) is 8.35. The zero-order valence-electron chi connectivity index (χ0n) is 18.2. The average molecular weight is 446 g/mol. The predicted octanol–water partition coefficient (Wildman–Crippen LogP) is 0.919. The van der Waals surface area contributed by atoms with Crippen LogP contribution in [0.2, 0.25) is 0 Å². The second-order valence-electron chi connectivity index (χ2n) is 6.96. The van der Waals surface area contributed by atoms with Crippen LogP contribution < -0.4 is 40.2 Å². The molecule has 7 nitrogen and oxygen atoms in total. The molecule has 1 aliphatic rings. The SMILES string of the molecule is CNc1ccc(Nc2ccc(C)cc2S(=O)(=O)O)c2c1C(=O)c1ccccc1C2=O.[H-].[Na+]. The Labute approximate surface area is 203 Å². The Bertz CT molecular complexity index is 1340. The monoisotopic (exact) mass is 446 g/mol. The number of carbonyl (C=O) groups excluding carboxylic acids is 2. The number of benzene rings is 3. The van der Waals surface area contributed by atoms with Crippen molar-refractivity contribution in [3.8, 4) is 0 Å². The van der Waals surface area contributed by atoms with E-state index in [1.807, 2.05) is 0 Å². The van der Waals surface area contributed by atoms with E-state index in [1.54, 1.807) is 56.4 Å². The first kappa shape index (κ1) is 23.2. The third-order valence-corrected chi connectivity index (χ3v) is 5.92. The summed E-state index contributed by atoms with van der Waals surface area (Å²) in [5.74, 6) is -0.646. The molecular formula is C22H19N2NaO5S. The van der Waals surface area contributed by atoms with E-state index >= 15 is 0 Å². The van der Waals surface area contributed by atoms with Gasteiger partial charge in [0.25, 0.3) is 10.1 Å². The topological polar surface area (TPSA) is 113 Å². The number of fused-ring (bicyclic) bond motifs is 2. The molecule has 0 saturated heterocycles. The Balaban J connectivity index is 0.00000181. The average Bonchev–Trinajstić information content (AvgIpc) is 2.72. The van der Waals surface area contributed by atoms with E-state index in [9.17, 15) is 22.6 Å². The van der Waals surface area contributed by atoms with E-state index in [2.05, 4.69) is 10.6 Å². The van der Waals surface area contributed by atoms with Gasteiger partial charge in [-0.1, -0.05) is 30.3 Å². The van der Waals surface area contributed by atoms with Crippen molar-refractivity contribution in [3.05, 3.63) is 82.4 Å². The van der Waals surface area contributed by atoms with Crippen LogP contribution in [0.1, 0.15) is 38.8 Å². The summed E-state index contributed by atoms with van der Waals surface area (Å²) in [6.45, 7) is 1.70. The van der Waals surface area contributed by atoms with Gasteiger partial charge in [-0.25, -0.2) is 0 Å². The Hall–Kier alpha value is -2.49. The van der Waals surface area contributed by atoms with Gasteiger partial charge < -0.3 is 12.1 Å². The van der Waals surface area contributed by atoms with Gasteiger partial charge >= 0.3 is 29.6 Å². The third-order valence-electron chi connectivity index (χ3n) is 5.03. The molecule has 1 aliphatic carbocycles. The minimum absolute atomic E-state index is 0. The fourth-order valence-corrected chi connectivity index (χ4v) is 4.36. The molecule has 0 saturated carbocycles. The maximum atomic E-state index is 13.3. The number of anilines is 3. The molecule has 154 valence electrons. The molecule has 0 heterocycles. The molecule has 0 spiro atoms. The number of hydrogen-bond donors (Lipinski definition) is 3. The fourth-order valence-electron chi connectivity index (χ4n) is 3.63. The molecule has 0 fully saturated rings. The summed E-state index contributed by atoms with van der Waals surface area (Å²) in [5.41, 5.74) is 2.46. The Kier molecular flexibility index (Phi) is 6.40. The van der Waals surface area contributed by atoms with Crippen LogP contribution in [0.3, 0.4) is 0 Å². The van der Waals surface area contributed by atoms with Crippen LogP contribution >= 0.6 is 0 Å². The minimum Gasteiger partial charge on any atom is -1.00 e. The van der Waals surface area contributed by atoms with E-state index in [-0.39, 0.29) is 75.5 Å². The van der Waals surface area contributed by atoms with Crippen LogP contribution in [0, 0.1) is 6.92 Å². The molecule has 0 aliphatic heterocycles. The van der Waals surface area contributed by atoms with Gasteiger partial charge in [-0.05, 0) is 36.8 Å². The maximum Gasteiger partial charge on any atom is 1.00 e. The summed E-state index contributed by atoms with van der Waals surface area (Å²) in [5, 5.41) is 5.86. The van der Waals surface area contributed by atoms with Crippen LogP contribution in [0.25, 0.3) is 0 Å². The smallest absolute Gasteiger partial charge is 1.00 e. The van der Waals surface area contributed by atoms with E-state index in [1.165, 1.54) is 12.1 Å². The first-order chi connectivity index (χ1) is 14.2. The molecule has 3 N–H and O–H groups in total. The third kappa shape index (κ3) is 4.05. The van der Waals surface area contributed by atoms with E-state index in [0.717, 1.165) is 0 Å². The molecule has 3 aromatic rings. The molecular weight excluding hydrogens is 427 g/mol. The molecule has 9 heteroatoms. The summed E-state index contributed by atoms with van der Waals surface area (Å²) in [4.78, 5) is 26.1. The number of aryl methyl sites for hydroxylation is 1. The summed E-state index contributed by atoms with van der Waals surface area (Å²) >= 11 is 0. The fraction of sp³-hybridized carbons (Fsp3) is 0.0909. The van der Waals surface area contributed by atoms with Gasteiger partial charge in [-0.2, -0.15) is 8.42 Å². The molecule has 0 atom stereocenters. The number of hydrogen-bond acceptors (Lipinski definition) is 6. The van der Waals surface area contributed by atoms with Crippen molar-refractivity contribution in [2.75, 3.05) is 17.7 Å². The van der Waals surface area contributed by atoms with Gasteiger partial charge in [0.05, 0.1) is 22.5 Å². The van der Waals surface area contributed by atoms with Crippen LogP contribution in [-0.4, -0.2) is 31.6 Å². The van der Waals surface area contributed by atoms with Gasteiger partial charge in [-0.15, -0.1) is 0 Å². The van der Waals surface area contributed by atoms with E-state index < -0.39 is 10.1 Å². The molecule has 0 unspecified atom stereocenters. The quantitative estimate of drug-likeness (QED) is 0.316. The first-order valence-electron chi connectivity index (χ1n) is 9.10. The van der Waals surface area contributed by atoms with E-state index in [0.29, 0.717) is 16.8 Å². The normalized spacial score (nSPS) is 12.5. The van der Waals surface area contributed by atoms with Gasteiger partial charge in [0.2, 0.25) is 0 Å². The Morgan fingerprint density at radius 2 is 1.35 bits per heavy atom. The maximum absolute atomic E-state index is 13.3. The van der Waals surface area contributed by atoms with Crippen molar-refractivity contribution in [2.24, 2.45) is 0 Å². The number of rotatable bonds is 4. The zero-order valence-corrected chi connectivity index (χ0v) is 20.0. The van der Waals surface area contributed by atoms with Crippen molar-refractivity contribution in [1.82, 2.24) is 0 Å².